The van der Waals surface area contributed by atoms with E-state index in [1.54, 1.807) is 5.57 Å². The summed E-state index contributed by atoms with van der Waals surface area (Å²) in [7, 11) is 0. The van der Waals surface area contributed by atoms with E-state index in [1.165, 1.54) is 44.1 Å². The summed E-state index contributed by atoms with van der Waals surface area (Å²) in [5.41, 5.74) is 2.98. The van der Waals surface area contributed by atoms with E-state index >= 15 is 0 Å². The summed E-state index contributed by atoms with van der Waals surface area (Å²) in [5.74, 6) is 0. The molecule has 1 aliphatic carbocycles. The second-order valence-corrected chi connectivity index (χ2v) is 6.11. The van der Waals surface area contributed by atoms with Gasteiger partial charge in [0.2, 0.25) is 0 Å². The number of hydrogen-bond donors (Lipinski definition) is 1. The van der Waals surface area contributed by atoms with E-state index in [0.717, 1.165) is 18.0 Å². The lowest BCUT2D eigenvalue weighted by Crippen LogP contribution is -2.33. The fourth-order valence-electron chi connectivity index (χ4n) is 2.97. The van der Waals surface area contributed by atoms with Crippen molar-refractivity contribution in [3.05, 3.63) is 46.5 Å². The van der Waals surface area contributed by atoms with Crippen LogP contribution in [0.2, 0.25) is 5.02 Å². The average molecular weight is 292 g/mol. The zero-order valence-corrected chi connectivity index (χ0v) is 13.3. The highest BCUT2D eigenvalue weighted by Gasteiger charge is 2.14. The Morgan fingerprint density at radius 2 is 1.85 bits per heavy atom. The van der Waals surface area contributed by atoms with Crippen LogP contribution in [0.5, 0.6) is 0 Å². The molecule has 0 aliphatic heterocycles. The fourth-order valence-corrected chi connectivity index (χ4v) is 3.10. The summed E-state index contributed by atoms with van der Waals surface area (Å²) in [6.07, 6.45) is 11.5. The van der Waals surface area contributed by atoms with Crippen molar-refractivity contribution >= 4 is 11.6 Å². The third kappa shape index (κ3) is 4.96. The Bertz CT molecular complexity index is 422. The van der Waals surface area contributed by atoms with Crippen LogP contribution >= 0.6 is 11.6 Å². The molecule has 0 fully saturated rings. The smallest absolute Gasteiger partial charge is 0.0406 e. The molecule has 0 heterocycles. The first-order chi connectivity index (χ1) is 9.79. The van der Waals surface area contributed by atoms with Gasteiger partial charge in [0.15, 0.2) is 0 Å². The van der Waals surface area contributed by atoms with Gasteiger partial charge in [0.1, 0.15) is 0 Å². The average Bonchev–Trinajstić information content (AvgIpc) is 2.41. The Morgan fingerprint density at radius 3 is 2.60 bits per heavy atom. The molecule has 0 spiro atoms. The van der Waals surface area contributed by atoms with Gasteiger partial charge >= 0.3 is 0 Å². The quantitative estimate of drug-likeness (QED) is 0.741. The molecule has 110 valence electrons. The van der Waals surface area contributed by atoms with Crippen molar-refractivity contribution < 1.29 is 0 Å². The Balaban J connectivity index is 2.06. The van der Waals surface area contributed by atoms with E-state index in [1.807, 2.05) is 12.1 Å². The number of hydrogen-bond acceptors (Lipinski definition) is 1. The number of likely N-dealkylation sites (N-methyl/N-ethyl adjacent to an activating group) is 1. The SMILES string of the molecule is CCNC(Cc1ccc(Cl)cc1)/C1=C/CCCCCC1. The van der Waals surface area contributed by atoms with E-state index in [2.05, 4.69) is 30.4 Å². The third-order valence-corrected chi connectivity index (χ3v) is 4.33. The topological polar surface area (TPSA) is 12.0 Å². The highest BCUT2D eigenvalue weighted by Crippen LogP contribution is 2.22. The highest BCUT2D eigenvalue weighted by molar-refractivity contribution is 6.30. The van der Waals surface area contributed by atoms with Gasteiger partial charge in [-0.3, -0.25) is 0 Å². The summed E-state index contributed by atoms with van der Waals surface area (Å²) >= 11 is 5.97. The molecule has 0 bridgehead atoms. The normalized spacial score (nSPS) is 20.6. The Morgan fingerprint density at radius 1 is 1.10 bits per heavy atom. The third-order valence-electron chi connectivity index (χ3n) is 4.08. The van der Waals surface area contributed by atoms with Crippen LogP contribution in [0, 0.1) is 0 Å². The summed E-state index contributed by atoms with van der Waals surface area (Å²) in [5, 5.41) is 4.48. The predicted octanol–water partition coefficient (Wildman–Crippen LogP) is 5.14. The molecular weight excluding hydrogens is 266 g/mol. The van der Waals surface area contributed by atoms with Crippen LogP contribution < -0.4 is 5.32 Å². The standard InChI is InChI=1S/C18H26ClN/c1-2-20-18(14-15-10-12-17(19)13-11-15)16-8-6-4-3-5-7-9-16/h8,10-13,18,20H,2-7,9,14H2,1H3/b16-8+. The van der Waals surface area contributed by atoms with Gasteiger partial charge in [-0.25, -0.2) is 0 Å². The second-order valence-electron chi connectivity index (χ2n) is 5.67. The number of halogens is 1. The Kier molecular flexibility index (Phi) is 6.62. The van der Waals surface area contributed by atoms with Crippen molar-refractivity contribution in [2.45, 2.75) is 57.9 Å². The minimum Gasteiger partial charge on any atom is -0.310 e. The van der Waals surface area contributed by atoms with Crippen molar-refractivity contribution in [3.8, 4) is 0 Å². The molecule has 20 heavy (non-hydrogen) atoms. The van der Waals surface area contributed by atoms with Gasteiger partial charge in [0, 0.05) is 11.1 Å². The molecule has 1 aromatic rings. The first-order valence-electron chi connectivity index (χ1n) is 7.96. The minimum absolute atomic E-state index is 0.485. The zero-order valence-electron chi connectivity index (χ0n) is 12.5. The molecule has 0 amide bonds. The Labute approximate surface area is 128 Å². The van der Waals surface area contributed by atoms with Gasteiger partial charge in [0.25, 0.3) is 0 Å². The molecule has 0 saturated carbocycles. The van der Waals surface area contributed by atoms with E-state index < -0.39 is 0 Å². The van der Waals surface area contributed by atoms with Crippen LogP contribution in [0.3, 0.4) is 0 Å². The van der Waals surface area contributed by atoms with Crippen LogP contribution in [0.15, 0.2) is 35.9 Å². The van der Waals surface area contributed by atoms with Gasteiger partial charge in [0.05, 0.1) is 0 Å². The first kappa shape index (κ1) is 15.6. The van der Waals surface area contributed by atoms with E-state index in [-0.39, 0.29) is 0 Å². The lowest BCUT2D eigenvalue weighted by molar-refractivity contribution is 0.536. The largest absolute Gasteiger partial charge is 0.310 e. The summed E-state index contributed by atoms with van der Waals surface area (Å²) < 4.78 is 0. The molecule has 0 radical (unpaired) electrons. The van der Waals surface area contributed by atoms with Gasteiger partial charge in [-0.15, -0.1) is 0 Å². The molecule has 1 unspecified atom stereocenters. The van der Waals surface area contributed by atoms with Crippen LogP contribution in [-0.4, -0.2) is 12.6 Å². The van der Waals surface area contributed by atoms with Crippen LogP contribution in [0.1, 0.15) is 51.0 Å². The van der Waals surface area contributed by atoms with Gasteiger partial charge < -0.3 is 5.32 Å². The number of nitrogens with one attached hydrogen (secondary N) is 1. The first-order valence-corrected chi connectivity index (χ1v) is 8.34. The monoisotopic (exact) mass is 291 g/mol. The molecule has 1 nitrogen and oxygen atoms in total. The fraction of sp³-hybridized carbons (Fsp3) is 0.556. The van der Waals surface area contributed by atoms with Crippen LogP contribution in [0.4, 0.5) is 0 Å². The molecule has 2 rings (SSSR count). The maximum Gasteiger partial charge on any atom is 0.0406 e. The van der Waals surface area contributed by atoms with Gasteiger partial charge in [-0.1, -0.05) is 55.1 Å². The maximum atomic E-state index is 5.97. The molecule has 1 aromatic carbocycles. The van der Waals surface area contributed by atoms with Crippen molar-refractivity contribution in [3.63, 3.8) is 0 Å². The molecule has 2 heteroatoms. The summed E-state index contributed by atoms with van der Waals surface area (Å²) in [4.78, 5) is 0. The van der Waals surface area contributed by atoms with E-state index in [4.69, 9.17) is 11.6 Å². The molecule has 1 aliphatic rings. The molecule has 1 N–H and O–H groups in total. The van der Waals surface area contributed by atoms with E-state index in [0.29, 0.717) is 6.04 Å². The number of rotatable bonds is 5. The van der Waals surface area contributed by atoms with Crippen LogP contribution in [-0.2, 0) is 6.42 Å². The van der Waals surface area contributed by atoms with Crippen LogP contribution in [0.25, 0.3) is 0 Å². The van der Waals surface area contributed by atoms with Gasteiger partial charge in [-0.05, 0) is 56.3 Å². The van der Waals surface area contributed by atoms with Crippen molar-refractivity contribution in [2.24, 2.45) is 0 Å². The molecular formula is C18H26ClN. The lowest BCUT2D eigenvalue weighted by Gasteiger charge is -2.23. The maximum absolute atomic E-state index is 5.97. The zero-order chi connectivity index (χ0) is 14.2. The molecule has 0 saturated heterocycles. The summed E-state index contributed by atoms with van der Waals surface area (Å²) in [6, 6.07) is 8.77. The second kappa shape index (κ2) is 8.49. The summed E-state index contributed by atoms with van der Waals surface area (Å²) in [6.45, 7) is 3.22. The Hall–Kier alpha value is -0.790. The van der Waals surface area contributed by atoms with Gasteiger partial charge in [-0.2, -0.15) is 0 Å². The highest BCUT2D eigenvalue weighted by atomic mass is 35.5. The van der Waals surface area contributed by atoms with Crippen molar-refractivity contribution in [1.29, 1.82) is 0 Å². The van der Waals surface area contributed by atoms with Crippen molar-refractivity contribution in [1.82, 2.24) is 5.32 Å². The number of allylic oxidation sites excluding steroid dienone is 1. The van der Waals surface area contributed by atoms with Crippen molar-refractivity contribution in [2.75, 3.05) is 6.54 Å². The predicted molar refractivity (Wildman–Crippen MR) is 88.4 cm³/mol. The number of benzene rings is 1. The molecule has 0 aromatic heterocycles. The molecule has 1 atom stereocenters. The lowest BCUT2D eigenvalue weighted by atomic mass is 9.91. The van der Waals surface area contributed by atoms with E-state index in [9.17, 15) is 0 Å². The minimum atomic E-state index is 0.485.